The van der Waals surface area contributed by atoms with Gasteiger partial charge in [0, 0.05) is 0 Å². The van der Waals surface area contributed by atoms with E-state index in [0.717, 1.165) is 19.0 Å². The van der Waals surface area contributed by atoms with Crippen LogP contribution in [0.1, 0.15) is 12.8 Å². The van der Waals surface area contributed by atoms with Gasteiger partial charge in [0.25, 0.3) is 0 Å². The number of benzene rings is 1. The fourth-order valence-electron chi connectivity index (χ4n) is 1.95. The van der Waals surface area contributed by atoms with E-state index in [4.69, 9.17) is 5.11 Å². The Hall–Kier alpha value is -0.815. The predicted molar refractivity (Wildman–Crippen MR) is 68.5 cm³/mol. The van der Waals surface area contributed by atoms with Crippen molar-refractivity contribution in [2.75, 3.05) is 6.16 Å². The van der Waals surface area contributed by atoms with Crippen LogP contribution in [0, 0.1) is 0 Å². The normalized spacial score (nSPS) is 24.5. The van der Waals surface area contributed by atoms with Crippen LogP contribution in [-0.2, 0) is 4.79 Å². The molecule has 2 rings (SSSR count). The Morgan fingerprint density at radius 2 is 2.00 bits per heavy atom. The average molecular weight is 222 g/mol. The zero-order chi connectivity index (χ0) is 9.97. The molecule has 2 nitrogen and oxygen atoms in total. The van der Waals surface area contributed by atoms with Crippen LogP contribution in [0.5, 0.6) is 0 Å². The lowest BCUT2D eigenvalue weighted by Gasteiger charge is -2.16. The third-order valence-electron chi connectivity index (χ3n) is 2.63. The highest BCUT2D eigenvalue weighted by molar-refractivity contribution is 7.67. The molecule has 0 saturated carbocycles. The first-order chi connectivity index (χ1) is 6.79. The van der Waals surface area contributed by atoms with Crippen molar-refractivity contribution in [3.05, 3.63) is 30.3 Å². The van der Waals surface area contributed by atoms with E-state index in [-0.39, 0.29) is 14.1 Å². The van der Waals surface area contributed by atoms with Crippen LogP contribution in [0.25, 0.3) is 0 Å². The maximum Gasteiger partial charge on any atom is 0.311 e. The molecule has 1 aromatic rings. The number of hydrogen-bond donors (Lipinski definition) is 1. The number of hydrogen-bond acceptors (Lipinski definition) is 1. The van der Waals surface area contributed by atoms with Crippen molar-refractivity contribution < 1.29 is 9.90 Å². The molecule has 1 aliphatic rings. The van der Waals surface area contributed by atoms with E-state index in [9.17, 15) is 4.79 Å². The van der Waals surface area contributed by atoms with Gasteiger partial charge in [-0.1, -0.05) is 38.3 Å². The molecule has 0 radical (unpaired) electrons. The summed E-state index contributed by atoms with van der Waals surface area (Å²) in [5.41, 5.74) is -0.104. The highest BCUT2D eigenvalue weighted by Crippen LogP contribution is 2.48. The molecule has 1 heterocycles. The second-order valence-corrected chi connectivity index (χ2v) is 6.05. The largest absolute Gasteiger partial charge is 0.481 e. The van der Waals surface area contributed by atoms with Crippen LogP contribution in [0.4, 0.5) is 0 Å². The summed E-state index contributed by atoms with van der Waals surface area (Å²) in [5.74, 6) is -0.613. The van der Waals surface area contributed by atoms with E-state index >= 15 is 0 Å². The lowest BCUT2D eigenvalue weighted by molar-refractivity contribution is -0.136. The Morgan fingerprint density at radius 3 is 2.60 bits per heavy atom. The van der Waals surface area contributed by atoms with Crippen LogP contribution >= 0.6 is 7.92 Å². The summed E-state index contributed by atoms with van der Waals surface area (Å²) < 4.78 is 0. The molecule has 1 aliphatic heterocycles. The molecule has 1 aromatic carbocycles. The second kappa shape index (κ2) is 5.32. The quantitative estimate of drug-likeness (QED) is 0.595. The maximum atomic E-state index is 11.0. The first-order valence-corrected chi connectivity index (χ1v) is 6.43. The monoisotopic (exact) mass is 222 g/mol. The van der Waals surface area contributed by atoms with Gasteiger partial charge in [0.05, 0.1) is 14.1 Å². The average Bonchev–Trinajstić information content (AvgIpc) is 2.67. The van der Waals surface area contributed by atoms with Gasteiger partial charge in [0.1, 0.15) is 0 Å². The molecule has 0 aromatic heterocycles. The lowest BCUT2D eigenvalue weighted by atomic mass is 10.3. The summed E-state index contributed by atoms with van der Waals surface area (Å²) in [6, 6.07) is 10.1. The Bertz CT molecular complexity index is 329. The molecule has 15 heavy (non-hydrogen) atoms. The highest BCUT2D eigenvalue weighted by Gasteiger charge is 2.33. The van der Waals surface area contributed by atoms with Gasteiger partial charge in [0.15, 0.2) is 0 Å². The van der Waals surface area contributed by atoms with E-state index < -0.39 is 13.9 Å². The van der Waals surface area contributed by atoms with Gasteiger partial charge in [0.2, 0.25) is 0 Å². The minimum Gasteiger partial charge on any atom is -0.481 e. The van der Waals surface area contributed by atoms with Gasteiger partial charge < -0.3 is 5.11 Å². The van der Waals surface area contributed by atoms with Crippen LogP contribution in [0.2, 0.25) is 0 Å². The summed E-state index contributed by atoms with van der Waals surface area (Å²) in [6.07, 6.45) is 3.00. The Labute approximate surface area is 93.0 Å². The van der Waals surface area contributed by atoms with Crippen LogP contribution in [-0.4, -0.2) is 31.3 Å². The Morgan fingerprint density at radius 1 is 1.33 bits per heavy atom. The Kier molecular flexibility index (Phi) is 4.35. The van der Waals surface area contributed by atoms with Crippen molar-refractivity contribution >= 4 is 27.6 Å². The van der Waals surface area contributed by atoms with Crippen molar-refractivity contribution in [1.82, 2.24) is 0 Å². The molecule has 2 unspecified atom stereocenters. The summed E-state index contributed by atoms with van der Waals surface area (Å²) in [4.78, 5) is 11.0. The number of carboxylic acid groups (broad SMARTS) is 1. The predicted octanol–water partition coefficient (Wildman–Crippen LogP) is 0.857. The molecule has 0 spiro atoms. The van der Waals surface area contributed by atoms with Crippen LogP contribution in [0.3, 0.4) is 0 Å². The van der Waals surface area contributed by atoms with E-state index in [2.05, 4.69) is 12.1 Å². The molecule has 0 amide bonds. The van der Waals surface area contributed by atoms with Crippen molar-refractivity contribution in [3.8, 4) is 0 Å². The second-order valence-electron chi connectivity index (χ2n) is 3.53. The van der Waals surface area contributed by atoms with E-state index in [1.165, 1.54) is 5.30 Å². The zero-order valence-corrected chi connectivity index (χ0v) is 8.78. The zero-order valence-electron chi connectivity index (χ0n) is 7.89. The summed E-state index contributed by atoms with van der Waals surface area (Å²) >= 11 is 0. The van der Waals surface area contributed by atoms with Gasteiger partial charge in [-0.15, -0.1) is 0 Å². The number of rotatable bonds is 2. The first kappa shape index (κ1) is 12.3. The third kappa shape index (κ3) is 2.60. The first-order valence-electron chi connectivity index (χ1n) is 4.83. The molecule has 1 saturated heterocycles. The number of aliphatic carboxylic acids is 1. The number of carbonyl (C=O) groups is 1. The van der Waals surface area contributed by atoms with E-state index in [0.29, 0.717) is 0 Å². The van der Waals surface area contributed by atoms with Crippen molar-refractivity contribution in [3.63, 3.8) is 0 Å². The van der Waals surface area contributed by atoms with E-state index in [1.807, 2.05) is 18.2 Å². The summed E-state index contributed by atoms with van der Waals surface area (Å²) in [7, 11) is -0.443. The van der Waals surface area contributed by atoms with Gasteiger partial charge in [-0.05, 0) is 24.3 Å². The highest BCUT2D eigenvalue weighted by atomic mass is 31.1. The topological polar surface area (TPSA) is 37.3 Å². The SMILES string of the molecule is B.O=C(O)C1CCCP1c1ccccc1. The molecule has 1 fully saturated rings. The van der Waals surface area contributed by atoms with Gasteiger partial charge in [-0.25, -0.2) is 0 Å². The fourth-order valence-corrected chi connectivity index (χ4v) is 4.72. The summed E-state index contributed by atoms with van der Waals surface area (Å²) in [5, 5.41) is 10.3. The third-order valence-corrected chi connectivity index (χ3v) is 5.62. The molecular formula is C11H16BO2P. The van der Waals surface area contributed by atoms with Gasteiger partial charge in [-0.2, -0.15) is 0 Å². The van der Waals surface area contributed by atoms with Crippen molar-refractivity contribution in [1.29, 1.82) is 0 Å². The van der Waals surface area contributed by atoms with Gasteiger partial charge in [-0.3, -0.25) is 4.79 Å². The molecule has 0 aliphatic carbocycles. The standard InChI is InChI=1S/C11H13O2P.BH3/c12-11(13)10-7-4-8-14(10)9-5-2-1-3-6-9;/h1-3,5-6,10H,4,7-8H2,(H,12,13);1H3. The smallest absolute Gasteiger partial charge is 0.311 e. The minimum absolute atomic E-state index is 0. The fraction of sp³-hybridized carbons (Fsp3) is 0.364. The Balaban J connectivity index is 0.00000112. The molecular weight excluding hydrogens is 206 g/mol. The van der Waals surface area contributed by atoms with E-state index in [1.54, 1.807) is 0 Å². The van der Waals surface area contributed by atoms with Crippen LogP contribution < -0.4 is 5.30 Å². The molecule has 80 valence electrons. The van der Waals surface area contributed by atoms with Gasteiger partial charge >= 0.3 is 5.97 Å². The lowest BCUT2D eigenvalue weighted by Crippen LogP contribution is -2.19. The van der Waals surface area contributed by atoms with Crippen molar-refractivity contribution in [2.24, 2.45) is 0 Å². The molecule has 4 heteroatoms. The number of carboxylic acids is 1. The molecule has 1 N–H and O–H groups in total. The van der Waals surface area contributed by atoms with Crippen LogP contribution in [0.15, 0.2) is 30.3 Å². The molecule has 2 atom stereocenters. The molecule has 0 bridgehead atoms. The maximum absolute atomic E-state index is 11.0. The summed E-state index contributed by atoms with van der Waals surface area (Å²) in [6.45, 7) is 0. The minimum atomic E-state index is -0.613. The van der Waals surface area contributed by atoms with Crippen molar-refractivity contribution in [2.45, 2.75) is 18.5 Å².